The van der Waals surface area contributed by atoms with Crippen molar-refractivity contribution in [2.24, 2.45) is 0 Å². The van der Waals surface area contributed by atoms with Gasteiger partial charge in [-0.05, 0) is 42.3 Å². The number of rotatable bonds is 21. The summed E-state index contributed by atoms with van der Waals surface area (Å²) in [5.41, 5.74) is 1.47. The molecule has 0 fully saturated rings. The van der Waals surface area contributed by atoms with Gasteiger partial charge in [-0.2, -0.15) is 0 Å². The van der Waals surface area contributed by atoms with Crippen LogP contribution in [0.1, 0.15) is 115 Å². The molecule has 0 aliphatic carbocycles. The predicted molar refractivity (Wildman–Crippen MR) is 157 cm³/mol. The van der Waals surface area contributed by atoms with Crippen molar-refractivity contribution in [1.29, 1.82) is 0 Å². The minimum atomic E-state index is -0.224. The summed E-state index contributed by atoms with van der Waals surface area (Å²) in [6.45, 7) is 2.98. The molecule has 0 atom stereocenters. The second kappa shape index (κ2) is 20.3. The zero-order valence-corrected chi connectivity index (χ0v) is 23.1. The van der Waals surface area contributed by atoms with Crippen LogP contribution in [0.2, 0.25) is 0 Å². The molecule has 1 amide bonds. The number of benzene rings is 2. The van der Waals surface area contributed by atoms with E-state index in [0.717, 1.165) is 17.7 Å². The lowest BCUT2D eigenvalue weighted by Crippen LogP contribution is -2.08. The third kappa shape index (κ3) is 15.9. The van der Waals surface area contributed by atoms with Crippen LogP contribution in [0.25, 0.3) is 6.08 Å². The maximum Gasteiger partial charge on any atom is 0.248 e. The van der Waals surface area contributed by atoms with Crippen molar-refractivity contribution >= 4 is 17.7 Å². The molecule has 0 saturated heterocycles. The summed E-state index contributed by atoms with van der Waals surface area (Å²) in [6.07, 6.45) is 24.9. The van der Waals surface area contributed by atoms with E-state index in [1.807, 2.05) is 30.3 Å². The van der Waals surface area contributed by atoms with Gasteiger partial charge in [-0.25, -0.2) is 0 Å². The number of phenolic OH excluding ortho intramolecular Hbond substituents is 1. The average Bonchev–Trinajstić information content (AvgIpc) is 2.89. The predicted octanol–water partition coefficient (Wildman–Crippen LogP) is 9.68. The van der Waals surface area contributed by atoms with Crippen LogP contribution in [-0.2, 0) is 4.79 Å². The Kier molecular flexibility index (Phi) is 16.7. The monoisotopic (exact) mass is 507 g/mol. The highest BCUT2D eigenvalue weighted by atomic mass is 16.5. The van der Waals surface area contributed by atoms with E-state index in [1.165, 1.54) is 102 Å². The molecule has 2 aromatic rings. The molecule has 0 heterocycles. The molecule has 37 heavy (non-hydrogen) atoms. The van der Waals surface area contributed by atoms with Crippen LogP contribution in [0.15, 0.2) is 54.6 Å². The van der Waals surface area contributed by atoms with Gasteiger partial charge in [-0.1, -0.05) is 121 Å². The lowest BCUT2D eigenvalue weighted by Gasteiger charge is -2.08. The van der Waals surface area contributed by atoms with Gasteiger partial charge in [0, 0.05) is 17.8 Å². The van der Waals surface area contributed by atoms with Crippen molar-refractivity contribution < 1.29 is 14.6 Å². The van der Waals surface area contributed by atoms with Crippen LogP contribution < -0.4 is 10.1 Å². The lowest BCUT2D eigenvalue weighted by molar-refractivity contribution is -0.111. The van der Waals surface area contributed by atoms with E-state index in [1.54, 1.807) is 24.3 Å². The Morgan fingerprint density at radius 2 is 1.32 bits per heavy atom. The highest BCUT2D eigenvalue weighted by Gasteiger charge is 2.01. The Labute approximate surface area is 225 Å². The van der Waals surface area contributed by atoms with E-state index in [0.29, 0.717) is 12.3 Å². The molecule has 4 heteroatoms. The van der Waals surface area contributed by atoms with Gasteiger partial charge >= 0.3 is 0 Å². The number of nitrogens with one attached hydrogen (secondary N) is 1. The van der Waals surface area contributed by atoms with Crippen molar-refractivity contribution in [2.75, 3.05) is 11.9 Å². The van der Waals surface area contributed by atoms with Crippen LogP contribution >= 0.6 is 0 Å². The number of amides is 1. The molecule has 2 N–H and O–H groups in total. The smallest absolute Gasteiger partial charge is 0.248 e. The van der Waals surface area contributed by atoms with Gasteiger partial charge in [-0.15, -0.1) is 0 Å². The van der Waals surface area contributed by atoms with Crippen LogP contribution in [0.3, 0.4) is 0 Å². The van der Waals surface area contributed by atoms with Crippen molar-refractivity contribution in [2.45, 2.75) is 110 Å². The first-order chi connectivity index (χ1) is 18.2. The molecular weight excluding hydrogens is 458 g/mol. The fourth-order valence-electron chi connectivity index (χ4n) is 4.49. The van der Waals surface area contributed by atoms with Gasteiger partial charge in [0.05, 0.1) is 6.61 Å². The maximum absolute atomic E-state index is 12.2. The molecular formula is C33H49NO3. The number of hydrogen-bond donors (Lipinski definition) is 2. The van der Waals surface area contributed by atoms with E-state index in [9.17, 15) is 9.90 Å². The van der Waals surface area contributed by atoms with Gasteiger partial charge < -0.3 is 15.2 Å². The summed E-state index contributed by atoms with van der Waals surface area (Å²) in [5, 5.41) is 12.4. The second-order valence-corrected chi connectivity index (χ2v) is 10.1. The average molecular weight is 508 g/mol. The number of anilines is 1. The third-order valence-electron chi connectivity index (χ3n) is 6.67. The number of aromatic hydroxyl groups is 1. The molecule has 0 bridgehead atoms. The Morgan fingerprint density at radius 3 is 1.92 bits per heavy atom. The molecule has 4 nitrogen and oxygen atoms in total. The topological polar surface area (TPSA) is 58.6 Å². The van der Waals surface area contributed by atoms with E-state index in [-0.39, 0.29) is 11.7 Å². The molecule has 0 aliphatic heterocycles. The van der Waals surface area contributed by atoms with Crippen molar-refractivity contribution in [1.82, 2.24) is 0 Å². The minimum Gasteiger partial charge on any atom is -0.508 e. The zero-order valence-electron chi connectivity index (χ0n) is 23.1. The van der Waals surface area contributed by atoms with Gasteiger partial charge in [0.2, 0.25) is 5.91 Å². The van der Waals surface area contributed by atoms with E-state index in [2.05, 4.69) is 12.2 Å². The molecule has 2 aromatic carbocycles. The second-order valence-electron chi connectivity index (χ2n) is 10.1. The van der Waals surface area contributed by atoms with Crippen molar-refractivity contribution in [3.63, 3.8) is 0 Å². The van der Waals surface area contributed by atoms with Gasteiger partial charge in [0.25, 0.3) is 0 Å². The Balaban J connectivity index is 1.45. The fraction of sp³-hybridized carbons (Fsp3) is 0.545. The quantitative estimate of drug-likeness (QED) is 0.131. The summed E-state index contributed by atoms with van der Waals surface area (Å²) in [7, 11) is 0. The van der Waals surface area contributed by atoms with Crippen molar-refractivity contribution in [3.8, 4) is 11.5 Å². The van der Waals surface area contributed by atoms with Crippen LogP contribution in [0.5, 0.6) is 11.5 Å². The molecule has 2 rings (SSSR count). The molecule has 0 spiro atoms. The van der Waals surface area contributed by atoms with Crippen molar-refractivity contribution in [3.05, 3.63) is 60.2 Å². The molecule has 0 radical (unpaired) electrons. The van der Waals surface area contributed by atoms with E-state index >= 15 is 0 Å². The third-order valence-corrected chi connectivity index (χ3v) is 6.67. The first-order valence-electron chi connectivity index (χ1n) is 14.7. The van der Waals surface area contributed by atoms with E-state index < -0.39 is 0 Å². The summed E-state index contributed by atoms with van der Waals surface area (Å²) < 4.78 is 5.89. The lowest BCUT2D eigenvalue weighted by atomic mass is 10.0. The van der Waals surface area contributed by atoms with Crippen LogP contribution in [-0.4, -0.2) is 17.6 Å². The van der Waals surface area contributed by atoms with Gasteiger partial charge in [0.15, 0.2) is 0 Å². The number of hydrogen-bond acceptors (Lipinski definition) is 3. The van der Waals surface area contributed by atoms with E-state index in [4.69, 9.17) is 4.74 Å². The minimum absolute atomic E-state index is 0.178. The molecule has 204 valence electrons. The number of unbranched alkanes of at least 4 members (excludes halogenated alkanes) is 15. The van der Waals surface area contributed by atoms with Gasteiger partial charge in [0.1, 0.15) is 11.5 Å². The number of carbonyl (C=O) groups excluding carboxylic acids is 1. The number of phenols is 1. The molecule has 0 aliphatic rings. The normalized spacial score (nSPS) is 11.2. The molecule has 0 unspecified atom stereocenters. The number of ether oxygens (including phenoxy) is 1. The molecule has 0 saturated carbocycles. The SMILES string of the molecule is CCCCCCCCCCCCCCCCCCOc1cccc(NC(=O)C=Cc2cccc(O)c2)c1. The summed E-state index contributed by atoms with van der Waals surface area (Å²) >= 11 is 0. The van der Waals surface area contributed by atoms with Gasteiger partial charge in [-0.3, -0.25) is 4.79 Å². The summed E-state index contributed by atoms with van der Waals surface area (Å²) in [5.74, 6) is 0.728. The summed E-state index contributed by atoms with van der Waals surface area (Å²) in [4.78, 5) is 12.2. The Hall–Kier alpha value is -2.75. The van der Waals surface area contributed by atoms with Crippen LogP contribution in [0.4, 0.5) is 5.69 Å². The summed E-state index contributed by atoms with van der Waals surface area (Å²) in [6, 6.07) is 14.3. The highest BCUT2D eigenvalue weighted by molar-refractivity contribution is 6.02. The number of carbonyl (C=O) groups is 1. The first-order valence-corrected chi connectivity index (χ1v) is 14.7. The highest BCUT2D eigenvalue weighted by Crippen LogP contribution is 2.19. The zero-order chi connectivity index (χ0) is 26.4. The maximum atomic E-state index is 12.2. The fourth-order valence-corrected chi connectivity index (χ4v) is 4.49. The standard InChI is InChI=1S/C33H49NO3/c1-2-3-4-5-6-7-8-9-10-11-12-13-14-15-16-17-26-37-32-23-19-21-30(28-32)34-33(36)25-24-29-20-18-22-31(35)27-29/h18-25,27-28,35H,2-17,26H2,1H3,(H,34,36). The van der Waals surface area contributed by atoms with Crippen LogP contribution in [0, 0.1) is 0 Å². The Bertz CT molecular complexity index is 893. The Morgan fingerprint density at radius 1 is 0.757 bits per heavy atom. The first kappa shape index (κ1) is 30.5. The largest absolute Gasteiger partial charge is 0.508 e. The molecule has 0 aromatic heterocycles.